The fourth-order valence-corrected chi connectivity index (χ4v) is 0.316. The van der Waals surface area contributed by atoms with E-state index in [1.165, 1.54) is 0 Å². The van der Waals surface area contributed by atoms with Crippen LogP contribution in [0.5, 0.6) is 0 Å². The zero-order valence-corrected chi connectivity index (χ0v) is 4.53. The summed E-state index contributed by atoms with van der Waals surface area (Å²) in [5.41, 5.74) is 0. The summed E-state index contributed by atoms with van der Waals surface area (Å²) in [7, 11) is 0. The molecule has 0 saturated heterocycles. The Hall–Kier alpha value is -0.370. The van der Waals surface area contributed by atoms with Crippen molar-refractivity contribution in [2.24, 2.45) is 0 Å². The first kappa shape index (κ1) is 4.78. The number of rotatable bonds is 4. The molecule has 0 aliphatic heterocycles. The summed E-state index contributed by atoms with van der Waals surface area (Å²) < 4.78 is 6.45. The van der Waals surface area contributed by atoms with E-state index in [1.54, 1.807) is 0 Å². The number of aldehydes is 1. The standard InChI is InChI=1S/C5H11NO/c1-2-3-6-4-5-7/h5-6H,2-4H2,1H3/i5D. The van der Waals surface area contributed by atoms with Gasteiger partial charge in [-0.05, 0) is 13.0 Å². The van der Waals surface area contributed by atoms with Gasteiger partial charge in [0.1, 0.15) is 7.63 Å². The molecule has 1 N–H and O–H groups in total. The highest BCUT2D eigenvalue weighted by atomic mass is 16.1. The zero-order valence-electron chi connectivity index (χ0n) is 5.53. The van der Waals surface area contributed by atoms with Crippen LogP contribution < -0.4 is 5.32 Å². The molecule has 0 aromatic carbocycles. The van der Waals surface area contributed by atoms with E-state index in [-0.39, 0.29) is 6.54 Å². The van der Waals surface area contributed by atoms with Crippen molar-refractivity contribution in [1.29, 1.82) is 0 Å². The molecular weight excluding hydrogens is 90.1 g/mol. The Morgan fingerprint density at radius 3 is 3.14 bits per heavy atom. The lowest BCUT2D eigenvalue weighted by Crippen LogP contribution is -2.16. The van der Waals surface area contributed by atoms with Crippen LogP contribution in [0.25, 0.3) is 0 Å². The van der Waals surface area contributed by atoms with Gasteiger partial charge in [0.2, 0.25) is 0 Å². The SMILES string of the molecule is [2H]C(=O)CNCCC. The van der Waals surface area contributed by atoms with E-state index >= 15 is 0 Å². The summed E-state index contributed by atoms with van der Waals surface area (Å²) in [5.74, 6) is 0. The minimum atomic E-state index is -0.543. The molecule has 0 aromatic heterocycles. The normalized spacial score (nSPS) is 10.7. The molecule has 0 rings (SSSR count). The highest BCUT2D eigenvalue weighted by Gasteiger charge is 1.76. The Morgan fingerprint density at radius 2 is 2.71 bits per heavy atom. The van der Waals surface area contributed by atoms with Crippen molar-refractivity contribution in [2.45, 2.75) is 13.3 Å². The topological polar surface area (TPSA) is 29.1 Å². The summed E-state index contributed by atoms with van der Waals surface area (Å²) in [5, 5.41) is 2.80. The molecule has 0 spiro atoms. The smallest absolute Gasteiger partial charge is 0.133 e. The predicted molar refractivity (Wildman–Crippen MR) is 29.2 cm³/mol. The fourth-order valence-electron chi connectivity index (χ4n) is 0.316. The van der Waals surface area contributed by atoms with Gasteiger partial charge in [0, 0.05) is 0 Å². The molecule has 0 unspecified atom stereocenters. The van der Waals surface area contributed by atoms with Crippen LogP contribution in [0.1, 0.15) is 14.7 Å². The van der Waals surface area contributed by atoms with Gasteiger partial charge in [0.25, 0.3) is 0 Å². The molecule has 0 fully saturated rings. The zero-order chi connectivity index (χ0) is 6.41. The van der Waals surface area contributed by atoms with E-state index < -0.39 is 6.26 Å². The van der Waals surface area contributed by atoms with Gasteiger partial charge in [0.05, 0.1) is 6.54 Å². The van der Waals surface area contributed by atoms with Gasteiger partial charge in [-0.1, -0.05) is 6.92 Å². The van der Waals surface area contributed by atoms with E-state index in [1.807, 2.05) is 6.92 Å². The number of carbonyl (C=O) groups excluding carboxylic acids is 1. The molecule has 2 heteroatoms. The van der Waals surface area contributed by atoms with Crippen LogP contribution in [0.4, 0.5) is 0 Å². The predicted octanol–water partition coefficient (Wildman–Crippen LogP) is 0.185. The number of carbonyl (C=O) groups is 1. The van der Waals surface area contributed by atoms with E-state index in [9.17, 15) is 4.79 Å². The van der Waals surface area contributed by atoms with Crippen molar-refractivity contribution in [3.63, 3.8) is 0 Å². The summed E-state index contributed by atoms with van der Waals surface area (Å²) in [6.45, 7) is 3.03. The Morgan fingerprint density at radius 1 is 2.00 bits per heavy atom. The molecular formula is C5H11NO. The lowest BCUT2D eigenvalue weighted by Gasteiger charge is -1.91. The first-order chi connectivity index (χ1) is 3.77. The molecule has 7 heavy (non-hydrogen) atoms. The number of nitrogens with one attached hydrogen (secondary N) is 1. The third kappa shape index (κ3) is 5.63. The maximum absolute atomic E-state index is 9.92. The highest BCUT2D eigenvalue weighted by molar-refractivity contribution is 5.51. The van der Waals surface area contributed by atoms with E-state index in [0.717, 1.165) is 13.0 Å². The highest BCUT2D eigenvalue weighted by Crippen LogP contribution is 1.65. The first-order valence-corrected chi connectivity index (χ1v) is 2.47. The van der Waals surface area contributed by atoms with Crippen LogP contribution in [0.2, 0.25) is 0 Å². The van der Waals surface area contributed by atoms with Crippen molar-refractivity contribution in [3.8, 4) is 0 Å². The summed E-state index contributed by atoms with van der Waals surface area (Å²) in [4.78, 5) is 9.92. The third-order valence-electron chi connectivity index (χ3n) is 0.624. The molecule has 0 aliphatic carbocycles. The second-order valence-electron chi connectivity index (χ2n) is 1.32. The van der Waals surface area contributed by atoms with E-state index in [4.69, 9.17) is 1.37 Å². The summed E-state index contributed by atoms with van der Waals surface area (Å²) in [6, 6.07) is 0. The van der Waals surface area contributed by atoms with E-state index in [2.05, 4.69) is 5.32 Å². The summed E-state index contributed by atoms with van der Waals surface area (Å²) in [6.07, 6.45) is 0.464. The van der Waals surface area contributed by atoms with Crippen molar-refractivity contribution in [1.82, 2.24) is 5.32 Å². The minimum Gasteiger partial charge on any atom is -0.310 e. The van der Waals surface area contributed by atoms with Gasteiger partial charge in [-0.3, -0.25) is 0 Å². The quantitative estimate of drug-likeness (QED) is 0.405. The van der Waals surface area contributed by atoms with Gasteiger partial charge in [-0.25, -0.2) is 0 Å². The maximum Gasteiger partial charge on any atom is 0.133 e. The lowest BCUT2D eigenvalue weighted by molar-refractivity contribution is -0.107. The summed E-state index contributed by atoms with van der Waals surface area (Å²) >= 11 is 0. The average Bonchev–Trinajstić information content (AvgIpc) is 1.66. The van der Waals surface area contributed by atoms with Crippen molar-refractivity contribution in [3.05, 3.63) is 0 Å². The Bertz CT molecular complexity index is 74.8. The minimum absolute atomic E-state index is 0.188. The first-order valence-electron chi connectivity index (χ1n) is 2.97. The Labute approximate surface area is 45.3 Å². The number of hydrogen-bond acceptors (Lipinski definition) is 2. The molecule has 0 amide bonds. The molecule has 0 bridgehead atoms. The van der Waals surface area contributed by atoms with Gasteiger partial charge in [-0.2, -0.15) is 0 Å². The Balaban J connectivity index is 2.82. The fraction of sp³-hybridized carbons (Fsp3) is 0.800. The van der Waals surface area contributed by atoms with Crippen LogP contribution in [-0.4, -0.2) is 19.4 Å². The molecule has 0 radical (unpaired) electrons. The lowest BCUT2D eigenvalue weighted by atomic mass is 10.5. The molecule has 0 saturated carbocycles. The van der Waals surface area contributed by atoms with Crippen molar-refractivity contribution >= 4 is 6.26 Å². The maximum atomic E-state index is 9.92. The van der Waals surface area contributed by atoms with Crippen LogP contribution in [0.15, 0.2) is 0 Å². The largest absolute Gasteiger partial charge is 0.310 e. The molecule has 42 valence electrons. The third-order valence-corrected chi connectivity index (χ3v) is 0.624. The van der Waals surface area contributed by atoms with Gasteiger partial charge in [-0.15, -0.1) is 0 Å². The molecule has 0 heterocycles. The van der Waals surface area contributed by atoms with Gasteiger partial charge >= 0.3 is 0 Å². The second kappa shape index (κ2) is 5.63. The van der Waals surface area contributed by atoms with Crippen LogP contribution in [0, 0.1) is 0 Å². The van der Waals surface area contributed by atoms with Gasteiger partial charge in [0.15, 0.2) is 0 Å². The van der Waals surface area contributed by atoms with Crippen LogP contribution >= 0.6 is 0 Å². The molecule has 0 aliphatic rings. The monoisotopic (exact) mass is 102 g/mol. The molecule has 0 atom stereocenters. The Kier molecular flexibility index (Phi) is 3.85. The number of hydrogen-bond donors (Lipinski definition) is 1. The van der Waals surface area contributed by atoms with Crippen LogP contribution in [-0.2, 0) is 4.79 Å². The van der Waals surface area contributed by atoms with E-state index in [0.29, 0.717) is 0 Å². The molecule has 0 aromatic rings. The van der Waals surface area contributed by atoms with Crippen molar-refractivity contribution in [2.75, 3.05) is 13.1 Å². The van der Waals surface area contributed by atoms with Gasteiger partial charge < -0.3 is 10.1 Å². The molecule has 2 nitrogen and oxygen atoms in total. The average molecular weight is 102 g/mol. The second-order valence-corrected chi connectivity index (χ2v) is 1.32. The van der Waals surface area contributed by atoms with Crippen molar-refractivity contribution < 1.29 is 6.17 Å². The van der Waals surface area contributed by atoms with Crippen LogP contribution in [0.3, 0.4) is 0 Å².